The van der Waals surface area contributed by atoms with Crippen LogP contribution in [0.5, 0.6) is 0 Å². The van der Waals surface area contributed by atoms with Crippen molar-refractivity contribution in [1.29, 1.82) is 5.41 Å². The van der Waals surface area contributed by atoms with E-state index in [4.69, 9.17) is 15.3 Å². The van der Waals surface area contributed by atoms with Gasteiger partial charge in [-0.15, -0.1) is 0 Å². The molecule has 1 fully saturated rings. The number of halogens is 2. The maximum atomic E-state index is 13.5. The van der Waals surface area contributed by atoms with Crippen LogP contribution in [0.3, 0.4) is 0 Å². The molecule has 0 bridgehead atoms. The van der Waals surface area contributed by atoms with E-state index in [1.807, 2.05) is 52.0 Å². The lowest BCUT2D eigenvalue weighted by Gasteiger charge is -2.12. The second-order valence-electron chi connectivity index (χ2n) is 9.61. The number of carboxylic acids is 1. The van der Waals surface area contributed by atoms with Gasteiger partial charge in [-0.2, -0.15) is 0 Å². The van der Waals surface area contributed by atoms with Gasteiger partial charge < -0.3 is 25.9 Å². The second kappa shape index (κ2) is 14.9. The van der Waals surface area contributed by atoms with Gasteiger partial charge in [-0.05, 0) is 69.4 Å². The number of carboxylic acid groups (broad SMARTS) is 1. The van der Waals surface area contributed by atoms with Gasteiger partial charge >= 0.3 is 5.97 Å². The number of hydrogen-bond acceptors (Lipinski definition) is 6. The molecule has 1 aliphatic carbocycles. The van der Waals surface area contributed by atoms with E-state index in [1.165, 1.54) is 0 Å². The van der Waals surface area contributed by atoms with Crippen molar-refractivity contribution in [2.45, 2.75) is 53.6 Å². The lowest BCUT2D eigenvalue weighted by molar-refractivity contribution is -0.141. The summed E-state index contributed by atoms with van der Waals surface area (Å²) in [6.45, 7) is 15.2. The molecule has 2 rings (SSSR count). The molecule has 1 aromatic carbocycles. The molecule has 40 heavy (non-hydrogen) atoms. The van der Waals surface area contributed by atoms with Crippen molar-refractivity contribution in [3.05, 3.63) is 82.1 Å². The summed E-state index contributed by atoms with van der Waals surface area (Å²) in [4.78, 5) is 32.8. The number of carbonyl (C=O) groups is 3. The Morgan fingerprint density at radius 3 is 2.23 bits per heavy atom. The van der Waals surface area contributed by atoms with E-state index in [1.54, 1.807) is 33.0 Å². The number of ether oxygens (including phenoxy) is 1. The second-order valence-corrected chi connectivity index (χ2v) is 9.61. The average Bonchev–Trinajstić information content (AvgIpc) is 3.46. The van der Waals surface area contributed by atoms with Gasteiger partial charge in [0.15, 0.2) is 0 Å². The molecule has 0 heterocycles. The fourth-order valence-corrected chi connectivity index (χ4v) is 4.01. The number of amides is 1. The Morgan fingerprint density at radius 1 is 1.18 bits per heavy atom. The largest absolute Gasteiger partial charge is 0.481 e. The molecule has 1 aromatic rings. The third-order valence-electron chi connectivity index (χ3n) is 6.62. The fraction of sp³-hybridized carbons (Fsp3) is 0.400. The number of nitrogens with one attached hydrogen (secondary N) is 3. The van der Waals surface area contributed by atoms with Crippen LogP contribution < -0.4 is 10.6 Å². The number of hydrogen-bond donors (Lipinski definition) is 4. The van der Waals surface area contributed by atoms with Gasteiger partial charge in [-0.3, -0.25) is 14.4 Å². The molecule has 0 saturated heterocycles. The Balaban J connectivity index is 0.000000552. The zero-order valence-corrected chi connectivity index (χ0v) is 24.0. The third kappa shape index (κ3) is 9.00. The molecule has 8 nitrogen and oxygen atoms in total. The van der Waals surface area contributed by atoms with Crippen LogP contribution in [-0.2, 0) is 19.1 Å². The van der Waals surface area contributed by atoms with Gasteiger partial charge in [0.2, 0.25) is 5.91 Å². The van der Waals surface area contributed by atoms with Gasteiger partial charge in [0.05, 0.1) is 11.4 Å². The number of benzene rings is 1. The Hall–Kier alpha value is -4.08. The van der Waals surface area contributed by atoms with Crippen molar-refractivity contribution in [2.75, 3.05) is 13.6 Å². The van der Waals surface area contributed by atoms with Crippen molar-refractivity contribution in [3.8, 4) is 0 Å². The van der Waals surface area contributed by atoms with Crippen LogP contribution in [0.15, 0.2) is 71.0 Å². The zero-order chi connectivity index (χ0) is 30.8. The number of carbonyl (C=O) groups excluding carboxylic acids is 2. The first-order chi connectivity index (χ1) is 18.6. The highest BCUT2D eigenvalue weighted by atomic mass is 19.3. The molecule has 3 unspecified atom stereocenters. The number of alkyl halides is 2. The average molecular weight is 560 g/mol. The first-order valence-electron chi connectivity index (χ1n) is 12.6. The number of rotatable bonds is 12. The predicted molar refractivity (Wildman–Crippen MR) is 151 cm³/mol. The minimum atomic E-state index is -3.52. The molecule has 3 atom stereocenters. The van der Waals surface area contributed by atoms with E-state index in [0.717, 1.165) is 22.3 Å². The predicted octanol–water partition coefficient (Wildman–Crippen LogP) is 5.28. The van der Waals surface area contributed by atoms with Gasteiger partial charge in [-0.1, -0.05) is 48.6 Å². The minimum absolute atomic E-state index is 0.0396. The normalized spacial score (nSPS) is 19.1. The summed E-state index contributed by atoms with van der Waals surface area (Å²) in [5, 5.41) is 21.9. The Labute approximate surface area is 234 Å². The van der Waals surface area contributed by atoms with Gasteiger partial charge in [0.25, 0.3) is 12.4 Å². The third-order valence-corrected chi connectivity index (χ3v) is 6.62. The maximum Gasteiger partial charge on any atom is 0.313 e. The molecule has 218 valence electrons. The molecule has 10 heteroatoms. The van der Waals surface area contributed by atoms with Crippen LogP contribution in [0.1, 0.15) is 51.8 Å². The van der Waals surface area contributed by atoms with Crippen molar-refractivity contribution in [3.63, 3.8) is 0 Å². The molecule has 1 amide bonds. The van der Waals surface area contributed by atoms with Gasteiger partial charge in [0.1, 0.15) is 17.9 Å². The molecule has 1 saturated carbocycles. The molecule has 4 N–H and O–H groups in total. The first-order valence-corrected chi connectivity index (χ1v) is 12.6. The quantitative estimate of drug-likeness (QED) is 0.157. The fourth-order valence-electron chi connectivity index (χ4n) is 4.01. The summed E-state index contributed by atoms with van der Waals surface area (Å²) in [7, 11) is 1.73. The monoisotopic (exact) mass is 559 g/mol. The molecule has 0 aromatic heterocycles. The Morgan fingerprint density at radius 2 is 1.77 bits per heavy atom. The topological polar surface area (TPSA) is 129 Å². The first kappa shape index (κ1) is 33.9. The lowest BCUT2D eigenvalue weighted by atomic mass is 10.0. The summed E-state index contributed by atoms with van der Waals surface area (Å²) in [6.07, 6.45) is 3.36. The van der Waals surface area contributed by atoms with Crippen molar-refractivity contribution in [1.82, 2.24) is 10.6 Å². The molecule has 1 aliphatic rings. The van der Waals surface area contributed by atoms with Crippen molar-refractivity contribution in [2.24, 2.45) is 11.8 Å². The minimum Gasteiger partial charge on any atom is -0.481 e. The standard InChI is InChI=1S/C20H27F2N3O3.C10H12O2/c1-10(2)14(8-7-11(3)12(4)17(24-6)13(5)23)9-25-18(26)15-16(19(27)28)20(15,21)22;1-8-5-3-4-6-10(8)9(2)12-7-11/h7-8,15-16,23-24H,1,9H2,2-6H3,(H,25,26)(H,27,28);3-7,9H,1-2H3/b11-7+,14-8-,17-12-,23-13?;. The van der Waals surface area contributed by atoms with Gasteiger partial charge in [0, 0.05) is 13.6 Å². The van der Waals surface area contributed by atoms with E-state index in [-0.39, 0.29) is 12.6 Å². The van der Waals surface area contributed by atoms with Crippen molar-refractivity contribution >= 4 is 24.1 Å². The van der Waals surface area contributed by atoms with Crippen LogP contribution in [0, 0.1) is 24.2 Å². The maximum absolute atomic E-state index is 13.5. The number of aliphatic carboxylic acids is 1. The zero-order valence-electron chi connectivity index (χ0n) is 24.0. The summed E-state index contributed by atoms with van der Waals surface area (Å²) < 4.78 is 31.7. The number of aryl methyl sites for hydroxylation is 1. The van der Waals surface area contributed by atoms with Crippen LogP contribution in [-0.4, -0.2) is 48.7 Å². The van der Waals surface area contributed by atoms with Crippen LogP contribution in [0.4, 0.5) is 8.78 Å². The summed E-state index contributed by atoms with van der Waals surface area (Å²) in [5.41, 5.74) is 6.30. The van der Waals surface area contributed by atoms with E-state index in [2.05, 4.69) is 17.2 Å². The Bertz CT molecular complexity index is 1230. The number of allylic oxidation sites excluding steroid dienone is 5. The van der Waals surface area contributed by atoms with Crippen LogP contribution >= 0.6 is 0 Å². The van der Waals surface area contributed by atoms with Gasteiger partial charge in [-0.25, -0.2) is 8.78 Å². The summed E-state index contributed by atoms with van der Waals surface area (Å²) >= 11 is 0. The molecular weight excluding hydrogens is 520 g/mol. The SMILES string of the molecule is C=C(C)\C(=C/C=C(C)/C(C)=C(\NC)C(C)=N)CNC(=O)C1C(C(=O)O)C1(F)F.Cc1ccccc1C(C)OC=O. The van der Waals surface area contributed by atoms with E-state index in [9.17, 15) is 23.2 Å². The summed E-state index contributed by atoms with van der Waals surface area (Å²) in [6, 6.07) is 7.86. The smallest absolute Gasteiger partial charge is 0.313 e. The molecule has 0 spiro atoms. The Kier molecular flexibility index (Phi) is 12.6. The highest BCUT2D eigenvalue weighted by Gasteiger charge is 2.75. The molecular formula is C30H39F2N3O5. The molecule has 0 aliphatic heterocycles. The summed E-state index contributed by atoms with van der Waals surface area (Å²) in [5.74, 6) is -9.99. The van der Waals surface area contributed by atoms with Crippen molar-refractivity contribution < 1.29 is 33.0 Å². The molecule has 0 radical (unpaired) electrons. The lowest BCUT2D eigenvalue weighted by Crippen LogP contribution is -2.29. The van der Waals surface area contributed by atoms with E-state index < -0.39 is 29.6 Å². The highest BCUT2D eigenvalue weighted by Crippen LogP contribution is 2.55. The van der Waals surface area contributed by atoms with Crippen LogP contribution in [0.2, 0.25) is 0 Å². The van der Waals surface area contributed by atoms with E-state index in [0.29, 0.717) is 29.0 Å². The van der Waals surface area contributed by atoms with Crippen LogP contribution in [0.25, 0.3) is 0 Å². The highest BCUT2D eigenvalue weighted by molar-refractivity contribution is 5.96. The van der Waals surface area contributed by atoms with E-state index >= 15 is 0 Å².